The van der Waals surface area contributed by atoms with Gasteiger partial charge in [0.2, 0.25) is 0 Å². The van der Waals surface area contributed by atoms with Crippen LogP contribution in [0.1, 0.15) is 49.7 Å². The van der Waals surface area contributed by atoms with Crippen LogP contribution in [0.2, 0.25) is 0 Å². The third kappa shape index (κ3) is 3.13. The summed E-state index contributed by atoms with van der Waals surface area (Å²) in [4.78, 5) is 17.9. The van der Waals surface area contributed by atoms with Crippen molar-refractivity contribution in [1.29, 1.82) is 0 Å². The first-order chi connectivity index (χ1) is 8.20. The van der Waals surface area contributed by atoms with Gasteiger partial charge in [-0.3, -0.25) is 4.90 Å². The van der Waals surface area contributed by atoms with E-state index in [4.69, 9.17) is 0 Å². The maximum absolute atomic E-state index is 11.0. The Morgan fingerprint density at radius 2 is 2.41 bits per heavy atom. The Bertz CT molecular complexity index is 375. The average Bonchev–Trinajstić information content (AvgIpc) is 2.78. The topological polar surface area (TPSA) is 33.2 Å². The van der Waals surface area contributed by atoms with Crippen molar-refractivity contribution in [2.45, 2.75) is 51.6 Å². The Labute approximate surface area is 107 Å². The molecule has 3 nitrogen and oxygen atoms in total. The molecule has 1 aliphatic rings. The molecule has 94 valence electrons. The van der Waals surface area contributed by atoms with Crippen molar-refractivity contribution >= 4 is 17.6 Å². The summed E-state index contributed by atoms with van der Waals surface area (Å²) >= 11 is 1.73. The number of rotatable bonds is 4. The van der Waals surface area contributed by atoms with E-state index in [1.165, 1.54) is 17.8 Å². The number of carbonyl (C=O) groups excluding carboxylic acids is 1. The van der Waals surface area contributed by atoms with Gasteiger partial charge in [0.05, 0.1) is 16.7 Å². The van der Waals surface area contributed by atoms with E-state index >= 15 is 0 Å². The number of carbonyl (C=O) groups is 1. The normalized spacial score (nSPS) is 21.9. The predicted octanol–water partition coefficient (Wildman–Crippen LogP) is 2.82. The first-order valence-electron chi connectivity index (χ1n) is 6.34. The van der Waals surface area contributed by atoms with Gasteiger partial charge in [-0.15, -0.1) is 11.3 Å². The quantitative estimate of drug-likeness (QED) is 0.773. The third-order valence-electron chi connectivity index (χ3n) is 3.25. The van der Waals surface area contributed by atoms with Gasteiger partial charge in [-0.05, 0) is 19.4 Å². The molecule has 1 aromatic rings. The van der Waals surface area contributed by atoms with Crippen LogP contribution in [-0.4, -0.2) is 28.8 Å². The van der Waals surface area contributed by atoms with Gasteiger partial charge in [0, 0.05) is 17.8 Å². The summed E-state index contributed by atoms with van der Waals surface area (Å²) in [6, 6.07) is 0.105. The van der Waals surface area contributed by atoms with Crippen molar-refractivity contribution in [1.82, 2.24) is 9.88 Å². The molecule has 4 heteroatoms. The number of aromatic nitrogens is 1. The highest BCUT2D eigenvalue weighted by Crippen LogP contribution is 2.22. The van der Waals surface area contributed by atoms with Crippen molar-refractivity contribution in [3.8, 4) is 0 Å². The van der Waals surface area contributed by atoms with E-state index in [0.29, 0.717) is 5.92 Å². The summed E-state index contributed by atoms with van der Waals surface area (Å²) in [6.07, 6.45) is 4.47. The number of nitrogens with zero attached hydrogens (tertiary/aromatic N) is 2. The van der Waals surface area contributed by atoms with Gasteiger partial charge in [-0.25, -0.2) is 4.98 Å². The molecule has 2 rings (SSSR count). The molecule has 1 atom stereocenters. The van der Waals surface area contributed by atoms with E-state index in [-0.39, 0.29) is 6.04 Å². The second kappa shape index (κ2) is 5.74. The fourth-order valence-electron chi connectivity index (χ4n) is 2.24. The maximum atomic E-state index is 11.0. The van der Waals surface area contributed by atoms with Crippen molar-refractivity contribution in [3.63, 3.8) is 0 Å². The zero-order valence-electron chi connectivity index (χ0n) is 10.6. The second-order valence-corrected chi connectivity index (χ2v) is 5.89. The molecule has 0 aliphatic carbocycles. The molecular formula is C13H20N2OS. The molecule has 17 heavy (non-hydrogen) atoms. The van der Waals surface area contributed by atoms with Crippen molar-refractivity contribution in [3.05, 3.63) is 16.1 Å². The van der Waals surface area contributed by atoms with Crippen LogP contribution in [-0.2, 0) is 11.3 Å². The lowest BCUT2D eigenvalue weighted by molar-refractivity contribution is -0.113. The summed E-state index contributed by atoms with van der Waals surface area (Å²) in [5, 5.41) is 3.32. The van der Waals surface area contributed by atoms with Crippen LogP contribution >= 0.6 is 11.3 Å². The van der Waals surface area contributed by atoms with Crippen molar-refractivity contribution in [2.24, 2.45) is 0 Å². The molecule has 1 aliphatic heterocycles. The molecule has 2 heterocycles. The van der Waals surface area contributed by atoms with Crippen LogP contribution < -0.4 is 0 Å². The van der Waals surface area contributed by atoms with Crippen LogP contribution in [0.5, 0.6) is 0 Å². The second-order valence-electron chi connectivity index (χ2n) is 5.00. The number of likely N-dealkylation sites (tertiary alicyclic amines) is 1. The Balaban J connectivity index is 2.00. The van der Waals surface area contributed by atoms with E-state index in [1.807, 2.05) is 0 Å². The highest BCUT2D eigenvalue weighted by Gasteiger charge is 2.22. The minimum absolute atomic E-state index is 0.105. The molecule has 1 unspecified atom stereocenters. The number of piperidine rings is 1. The molecule has 0 N–H and O–H groups in total. The first-order valence-corrected chi connectivity index (χ1v) is 7.22. The van der Waals surface area contributed by atoms with E-state index in [9.17, 15) is 4.79 Å². The van der Waals surface area contributed by atoms with Gasteiger partial charge in [-0.1, -0.05) is 20.3 Å². The SMILES string of the molecule is CC(C)c1nc(CN2CCCCC2C=O)cs1. The average molecular weight is 252 g/mol. The predicted molar refractivity (Wildman–Crippen MR) is 70.3 cm³/mol. The Morgan fingerprint density at radius 3 is 3.06 bits per heavy atom. The van der Waals surface area contributed by atoms with Gasteiger partial charge in [0.1, 0.15) is 6.29 Å². The standard InChI is InChI=1S/C13H20N2OS/c1-10(2)13-14-11(9-17-13)7-15-6-4-3-5-12(15)8-16/h8-10,12H,3-7H2,1-2H3. The molecule has 1 aromatic heterocycles. The smallest absolute Gasteiger partial charge is 0.137 e. The molecule has 1 saturated heterocycles. The van der Waals surface area contributed by atoms with E-state index in [1.54, 1.807) is 11.3 Å². The molecular weight excluding hydrogens is 232 g/mol. The highest BCUT2D eigenvalue weighted by atomic mass is 32.1. The Morgan fingerprint density at radius 1 is 1.59 bits per heavy atom. The molecule has 0 saturated carbocycles. The lowest BCUT2D eigenvalue weighted by atomic mass is 10.0. The van der Waals surface area contributed by atoms with Gasteiger partial charge in [-0.2, -0.15) is 0 Å². The molecule has 0 spiro atoms. The zero-order chi connectivity index (χ0) is 12.3. The van der Waals surface area contributed by atoms with Crippen molar-refractivity contribution < 1.29 is 4.79 Å². The maximum Gasteiger partial charge on any atom is 0.137 e. The van der Waals surface area contributed by atoms with Crippen LogP contribution in [0.15, 0.2) is 5.38 Å². The minimum Gasteiger partial charge on any atom is -0.302 e. The fourth-order valence-corrected chi connectivity index (χ4v) is 3.06. The van der Waals surface area contributed by atoms with Gasteiger partial charge in [0.25, 0.3) is 0 Å². The molecule has 0 aromatic carbocycles. The van der Waals surface area contributed by atoms with Crippen LogP contribution in [0.25, 0.3) is 0 Å². The van der Waals surface area contributed by atoms with Gasteiger partial charge >= 0.3 is 0 Å². The first kappa shape index (κ1) is 12.7. The molecule has 0 amide bonds. The largest absolute Gasteiger partial charge is 0.302 e. The summed E-state index contributed by atoms with van der Waals surface area (Å²) in [5.41, 5.74) is 1.12. The number of hydrogen-bond acceptors (Lipinski definition) is 4. The van der Waals surface area contributed by atoms with E-state index < -0.39 is 0 Å². The third-order valence-corrected chi connectivity index (χ3v) is 4.44. The fraction of sp³-hybridized carbons (Fsp3) is 0.692. The summed E-state index contributed by atoms with van der Waals surface area (Å²) < 4.78 is 0. The van der Waals surface area contributed by atoms with Gasteiger partial charge in [0.15, 0.2) is 0 Å². The molecule has 0 radical (unpaired) electrons. The Kier molecular flexibility index (Phi) is 4.29. The van der Waals surface area contributed by atoms with Crippen LogP contribution in [0, 0.1) is 0 Å². The molecule has 0 bridgehead atoms. The summed E-state index contributed by atoms with van der Waals surface area (Å²) in [6.45, 7) is 6.18. The van der Waals surface area contributed by atoms with Gasteiger partial charge < -0.3 is 4.79 Å². The lowest BCUT2D eigenvalue weighted by Crippen LogP contribution is -2.39. The summed E-state index contributed by atoms with van der Waals surface area (Å²) in [5.74, 6) is 0.497. The van der Waals surface area contributed by atoms with Crippen molar-refractivity contribution in [2.75, 3.05) is 6.54 Å². The summed E-state index contributed by atoms with van der Waals surface area (Å²) in [7, 11) is 0. The lowest BCUT2D eigenvalue weighted by Gasteiger charge is -2.31. The minimum atomic E-state index is 0.105. The number of aldehydes is 1. The number of hydrogen-bond donors (Lipinski definition) is 0. The Hall–Kier alpha value is -0.740. The van der Waals surface area contributed by atoms with E-state index in [2.05, 4.69) is 29.1 Å². The monoisotopic (exact) mass is 252 g/mol. The number of thiazole rings is 1. The zero-order valence-corrected chi connectivity index (χ0v) is 11.4. The van der Waals surface area contributed by atoms with Crippen LogP contribution in [0.3, 0.4) is 0 Å². The molecule has 1 fully saturated rings. The van der Waals surface area contributed by atoms with E-state index in [0.717, 1.165) is 31.5 Å². The van der Waals surface area contributed by atoms with Crippen LogP contribution in [0.4, 0.5) is 0 Å². The highest BCUT2D eigenvalue weighted by molar-refractivity contribution is 7.09.